The van der Waals surface area contributed by atoms with Gasteiger partial charge in [-0.2, -0.15) is 0 Å². The second kappa shape index (κ2) is 4.57. The molecular weight excluding hydrogens is 150 g/mol. The molecule has 0 aliphatic carbocycles. The first kappa shape index (κ1) is 8.81. The summed E-state index contributed by atoms with van der Waals surface area (Å²) in [5.41, 5.74) is 6.46. The highest BCUT2D eigenvalue weighted by atomic mass is 16.5. The van der Waals surface area contributed by atoms with Gasteiger partial charge >= 0.3 is 0 Å². The maximum absolute atomic E-state index is 5.32. The zero-order valence-corrected chi connectivity index (χ0v) is 7.16. The van der Waals surface area contributed by atoms with Crippen molar-refractivity contribution >= 4 is 6.08 Å². The molecule has 0 unspecified atom stereocenters. The Bertz CT molecular complexity index is 251. The van der Waals surface area contributed by atoms with Crippen LogP contribution in [0.15, 0.2) is 30.3 Å². The van der Waals surface area contributed by atoms with Gasteiger partial charge in [0.2, 0.25) is 0 Å². The van der Waals surface area contributed by atoms with E-state index in [0.29, 0.717) is 6.54 Å². The summed E-state index contributed by atoms with van der Waals surface area (Å²) in [6, 6.07) is 7.84. The van der Waals surface area contributed by atoms with Crippen molar-refractivity contribution in [1.29, 1.82) is 0 Å². The van der Waals surface area contributed by atoms with Crippen LogP contribution in [0.25, 0.3) is 6.08 Å². The molecule has 0 saturated carbocycles. The lowest BCUT2D eigenvalue weighted by molar-refractivity contribution is 0.415. The highest BCUT2D eigenvalue weighted by Crippen LogP contribution is 2.11. The van der Waals surface area contributed by atoms with Crippen LogP contribution >= 0.6 is 0 Å². The molecule has 0 heterocycles. The van der Waals surface area contributed by atoms with Crippen LogP contribution in [-0.4, -0.2) is 13.7 Å². The average molecular weight is 163 g/mol. The van der Waals surface area contributed by atoms with E-state index in [-0.39, 0.29) is 0 Å². The first-order valence-corrected chi connectivity index (χ1v) is 3.87. The molecule has 0 radical (unpaired) electrons. The van der Waals surface area contributed by atoms with Gasteiger partial charge in [0.15, 0.2) is 0 Å². The third-order valence-electron chi connectivity index (χ3n) is 1.56. The minimum absolute atomic E-state index is 0.575. The van der Waals surface area contributed by atoms with Gasteiger partial charge in [0, 0.05) is 6.54 Å². The second-order valence-electron chi connectivity index (χ2n) is 2.41. The van der Waals surface area contributed by atoms with Crippen molar-refractivity contribution < 1.29 is 4.74 Å². The zero-order valence-electron chi connectivity index (χ0n) is 7.16. The average Bonchev–Trinajstić information content (AvgIpc) is 2.15. The molecule has 1 rings (SSSR count). The van der Waals surface area contributed by atoms with Crippen molar-refractivity contribution in [3.8, 4) is 5.75 Å². The summed E-state index contributed by atoms with van der Waals surface area (Å²) < 4.78 is 5.02. The van der Waals surface area contributed by atoms with Crippen molar-refractivity contribution in [3.05, 3.63) is 35.9 Å². The maximum atomic E-state index is 5.32. The quantitative estimate of drug-likeness (QED) is 0.735. The van der Waals surface area contributed by atoms with Crippen LogP contribution in [0, 0.1) is 0 Å². The minimum Gasteiger partial charge on any atom is -0.497 e. The molecule has 1 aromatic carbocycles. The van der Waals surface area contributed by atoms with Crippen LogP contribution in [0.1, 0.15) is 5.56 Å². The molecule has 0 aromatic heterocycles. The van der Waals surface area contributed by atoms with Crippen molar-refractivity contribution in [3.63, 3.8) is 0 Å². The molecule has 0 bridgehead atoms. The van der Waals surface area contributed by atoms with E-state index in [4.69, 9.17) is 10.5 Å². The van der Waals surface area contributed by atoms with Crippen LogP contribution < -0.4 is 10.5 Å². The molecule has 2 nitrogen and oxygen atoms in total. The van der Waals surface area contributed by atoms with Crippen LogP contribution in [0.2, 0.25) is 0 Å². The monoisotopic (exact) mass is 163 g/mol. The Kier molecular flexibility index (Phi) is 3.35. The second-order valence-corrected chi connectivity index (χ2v) is 2.41. The largest absolute Gasteiger partial charge is 0.497 e. The number of rotatable bonds is 3. The topological polar surface area (TPSA) is 35.2 Å². The van der Waals surface area contributed by atoms with E-state index in [1.165, 1.54) is 0 Å². The molecule has 0 atom stereocenters. The van der Waals surface area contributed by atoms with Crippen molar-refractivity contribution in [2.24, 2.45) is 5.73 Å². The van der Waals surface area contributed by atoms with Gasteiger partial charge in [-0.25, -0.2) is 0 Å². The minimum atomic E-state index is 0.575. The van der Waals surface area contributed by atoms with Crippen LogP contribution in [0.4, 0.5) is 0 Å². The highest BCUT2D eigenvalue weighted by Gasteiger charge is 1.88. The molecule has 0 aliphatic rings. The summed E-state index contributed by atoms with van der Waals surface area (Å²) in [6.45, 7) is 0.575. The molecule has 0 amide bonds. The third-order valence-corrected chi connectivity index (χ3v) is 1.56. The number of benzene rings is 1. The molecule has 2 N–H and O–H groups in total. The van der Waals surface area contributed by atoms with E-state index >= 15 is 0 Å². The summed E-state index contributed by atoms with van der Waals surface area (Å²) in [5.74, 6) is 0.875. The Morgan fingerprint density at radius 1 is 1.33 bits per heavy atom. The molecule has 0 aliphatic heterocycles. The fourth-order valence-electron chi connectivity index (χ4n) is 0.919. The molecule has 1 aromatic rings. The summed E-state index contributed by atoms with van der Waals surface area (Å²) >= 11 is 0. The van der Waals surface area contributed by atoms with E-state index < -0.39 is 0 Å². The Hall–Kier alpha value is -1.28. The predicted octanol–water partition coefficient (Wildman–Crippen LogP) is 1.67. The molecule has 12 heavy (non-hydrogen) atoms. The Morgan fingerprint density at radius 3 is 2.50 bits per heavy atom. The van der Waals surface area contributed by atoms with Crippen LogP contribution in [0.5, 0.6) is 5.75 Å². The van der Waals surface area contributed by atoms with Gasteiger partial charge in [-0.05, 0) is 17.7 Å². The number of hydrogen-bond acceptors (Lipinski definition) is 2. The molecule has 0 spiro atoms. The van der Waals surface area contributed by atoms with E-state index in [2.05, 4.69) is 0 Å². The lowest BCUT2D eigenvalue weighted by atomic mass is 10.2. The van der Waals surface area contributed by atoms with Crippen molar-refractivity contribution in [2.45, 2.75) is 0 Å². The van der Waals surface area contributed by atoms with E-state index in [0.717, 1.165) is 11.3 Å². The summed E-state index contributed by atoms with van der Waals surface area (Å²) in [7, 11) is 1.66. The maximum Gasteiger partial charge on any atom is 0.118 e. The first-order valence-electron chi connectivity index (χ1n) is 3.87. The molecule has 0 saturated heterocycles. The zero-order chi connectivity index (χ0) is 8.81. The van der Waals surface area contributed by atoms with E-state index in [9.17, 15) is 0 Å². The molecule has 64 valence electrons. The molecular formula is C10H13NO. The highest BCUT2D eigenvalue weighted by molar-refractivity contribution is 5.50. The Morgan fingerprint density at radius 2 is 2.00 bits per heavy atom. The third kappa shape index (κ3) is 2.40. The van der Waals surface area contributed by atoms with Gasteiger partial charge in [0.25, 0.3) is 0 Å². The number of hydrogen-bond donors (Lipinski definition) is 1. The smallest absolute Gasteiger partial charge is 0.118 e. The fraction of sp³-hybridized carbons (Fsp3) is 0.200. The van der Waals surface area contributed by atoms with Crippen LogP contribution in [0.3, 0.4) is 0 Å². The number of nitrogens with two attached hydrogens (primary N) is 1. The summed E-state index contributed by atoms with van der Waals surface area (Å²) in [6.07, 6.45) is 3.90. The Balaban J connectivity index is 2.71. The van der Waals surface area contributed by atoms with E-state index in [1.54, 1.807) is 7.11 Å². The number of ether oxygens (including phenoxy) is 1. The fourth-order valence-corrected chi connectivity index (χ4v) is 0.919. The van der Waals surface area contributed by atoms with Crippen molar-refractivity contribution in [2.75, 3.05) is 13.7 Å². The molecule has 2 heteroatoms. The van der Waals surface area contributed by atoms with Gasteiger partial charge in [0.1, 0.15) is 5.75 Å². The summed E-state index contributed by atoms with van der Waals surface area (Å²) in [5, 5.41) is 0. The Labute approximate surface area is 72.7 Å². The SMILES string of the molecule is COc1ccc(/C=C/CN)cc1. The van der Waals surface area contributed by atoms with Gasteiger partial charge in [-0.3, -0.25) is 0 Å². The van der Waals surface area contributed by atoms with Gasteiger partial charge in [-0.15, -0.1) is 0 Å². The lowest BCUT2D eigenvalue weighted by Crippen LogP contribution is -1.91. The standard InChI is InChI=1S/C10H13NO/c1-12-10-6-4-9(5-7-10)3-2-8-11/h2-7H,8,11H2,1H3/b3-2+. The predicted molar refractivity (Wildman–Crippen MR) is 51.1 cm³/mol. The first-order chi connectivity index (χ1) is 5.86. The van der Waals surface area contributed by atoms with Gasteiger partial charge in [0.05, 0.1) is 7.11 Å². The molecule has 0 fully saturated rings. The van der Waals surface area contributed by atoms with Gasteiger partial charge in [-0.1, -0.05) is 24.3 Å². The lowest BCUT2D eigenvalue weighted by Gasteiger charge is -1.98. The summed E-state index contributed by atoms with van der Waals surface area (Å²) in [4.78, 5) is 0. The normalized spacial score (nSPS) is 10.5. The van der Waals surface area contributed by atoms with Crippen LogP contribution in [-0.2, 0) is 0 Å². The van der Waals surface area contributed by atoms with E-state index in [1.807, 2.05) is 36.4 Å². The van der Waals surface area contributed by atoms with Crippen molar-refractivity contribution in [1.82, 2.24) is 0 Å². The van der Waals surface area contributed by atoms with Gasteiger partial charge < -0.3 is 10.5 Å². The number of methoxy groups -OCH3 is 1.